The van der Waals surface area contributed by atoms with Crippen molar-refractivity contribution in [3.63, 3.8) is 0 Å². The van der Waals surface area contributed by atoms with E-state index in [0.29, 0.717) is 0 Å². The molecule has 0 spiro atoms. The second kappa shape index (κ2) is 8.72. The van der Waals surface area contributed by atoms with Crippen molar-refractivity contribution in [1.29, 1.82) is 0 Å². The van der Waals surface area contributed by atoms with E-state index in [1.807, 2.05) is 0 Å². The van der Waals surface area contributed by atoms with Crippen LogP contribution in [-0.2, 0) is 11.2 Å². The fourth-order valence-corrected chi connectivity index (χ4v) is 3.71. The van der Waals surface area contributed by atoms with Crippen LogP contribution in [0.4, 0.5) is 0 Å². The Morgan fingerprint density at radius 2 is 1.94 bits per heavy atom. The summed E-state index contributed by atoms with van der Waals surface area (Å²) in [5.74, 6) is -0.0895. The maximum absolute atomic E-state index is 10.9. The van der Waals surface area contributed by atoms with Crippen LogP contribution in [-0.4, -0.2) is 12.5 Å². The highest BCUT2D eigenvalue weighted by Crippen LogP contribution is 2.25. The molecule has 1 amide bonds. The molecular formula is C13H14I3NO. The van der Waals surface area contributed by atoms with Gasteiger partial charge in [-0.1, -0.05) is 12.6 Å². The van der Waals surface area contributed by atoms with Gasteiger partial charge in [0.25, 0.3) is 0 Å². The van der Waals surface area contributed by atoms with Crippen molar-refractivity contribution >= 4 is 73.7 Å². The van der Waals surface area contributed by atoms with Crippen LogP contribution in [0, 0.1) is 10.7 Å². The van der Waals surface area contributed by atoms with Crippen molar-refractivity contribution in [3.8, 4) is 0 Å². The molecule has 0 unspecified atom stereocenters. The third kappa shape index (κ3) is 5.32. The van der Waals surface area contributed by atoms with Crippen LogP contribution < -0.4 is 5.32 Å². The van der Waals surface area contributed by atoms with Gasteiger partial charge in [-0.05, 0) is 105 Å². The molecule has 2 nitrogen and oxygen atoms in total. The number of nitrogens with one attached hydrogen (secondary N) is 1. The summed E-state index contributed by atoms with van der Waals surface area (Å²) in [5, 5.41) is 2.79. The first-order valence-electron chi connectivity index (χ1n) is 5.59. The van der Waals surface area contributed by atoms with E-state index in [9.17, 15) is 4.79 Å². The van der Waals surface area contributed by atoms with Crippen LogP contribution >= 0.6 is 67.8 Å². The molecule has 5 heteroatoms. The van der Waals surface area contributed by atoms with Crippen molar-refractivity contribution < 1.29 is 4.79 Å². The zero-order valence-corrected chi connectivity index (χ0v) is 16.3. The normalized spacial score (nSPS) is 10.2. The van der Waals surface area contributed by atoms with Gasteiger partial charge in [-0.2, -0.15) is 0 Å². The van der Waals surface area contributed by atoms with Crippen molar-refractivity contribution in [2.45, 2.75) is 19.3 Å². The van der Waals surface area contributed by atoms with Gasteiger partial charge in [-0.25, -0.2) is 0 Å². The molecule has 1 rings (SSSR count). The lowest BCUT2D eigenvalue weighted by atomic mass is 10.1. The van der Waals surface area contributed by atoms with Crippen LogP contribution in [0.2, 0.25) is 0 Å². The smallest absolute Gasteiger partial charge is 0.243 e. The predicted octanol–water partition coefficient (Wildman–Crippen LogP) is 4.13. The average Bonchev–Trinajstić information content (AvgIpc) is 2.37. The Hall–Kier alpha value is 0.620. The molecule has 0 aliphatic heterocycles. The lowest BCUT2D eigenvalue weighted by molar-refractivity contribution is -0.116. The van der Waals surface area contributed by atoms with Gasteiger partial charge in [0, 0.05) is 17.3 Å². The molecule has 1 N–H and O–H groups in total. The first-order chi connectivity index (χ1) is 8.56. The minimum atomic E-state index is -0.0895. The van der Waals surface area contributed by atoms with E-state index in [1.54, 1.807) is 0 Å². The summed E-state index contributed by atoms with van der Waals surface area (Å²) >= 11 is 7.17. The number of aryl methyl sites for hydroxylation is 1. The zero-order chi connectivity index (χ0) is 13.5. The highest BCUT2D eigenvalue weighted by molar-refractivity contribution is 14.1. The van der Waals surface area contributed by atoms with E-state index in [0.717, 1.165) is 25.8 Å². The molecule has 0 aliphatic rings. The highest BCUT2D eigenvalue weighted by Gasteiger charge is 2.06. The minimum absolute atomic E-state index is 0.0895. The average molecular weight is 581 g/mol. The first kappa shape index (κ1) is 16.7. The molecule has 0 atom stereocenters. The quantitative estimate of drug-likeness (QED) is 0.233. The summed E-state index contributed by atoms with van der Waals surface area (Å²) in [6.45, 7) is 4.15. The number of hydrogen-bond donors (Lipinski definition) is 1. The summed E-state index contributed by atoms with van der Waals surface area (Å²) in [6, 6.07) is 4.37. The Balaban J connectivity index is 2.38. The standard InChI is InChI=1S/C13H14I3NO/c1-2-11(18)17-8-4-3-5-9-6-7-10(14)13(16)12(9)15/h2,6-7H,1,3-5,8H2,(H,17,18). The van der Waals surface area contributed by atoms with E-state index < -0.39 is 0 Å². The van der Waals surface area contributed by atoms with Crippen LogP contribution in [0.5, 0.6) is 0 Å². The van der Waals surface area contributed by atoms with Crippen molar-refractivity contribution in [1.82, 2.24) is 5.32 Å². The molecule has 0 heterocycles. The number of carbonyl (C=O) groups is 1. The van der Waals surface area contributed by atoms with Gasteiger partial charge in [-0.15, -0.1) is 0 Å². The van der Waals surface area contributed by atoms with Gasteiger partial charge in [0.05, 0.1) is 0 Å². The maximum Gasteiger partial charge on any atom is 0.243 e. The van der Waals surface area contributed by atoms with Crippen molar-refractivity contribution in [3.05, 3.63) is 41.1 Å². The third-order valence-electron chi connectivity index (χ3n) is 2.47. The van der Waals surface area contributed by atoms with Crippen LogP contribution in [0.25, 0.3) is 0 Å². The van der Waals surface area contributed by atoms with Crippen LogP contribution in [0.1, 0.15) is 18.4 Å². The molecule has 0 saturated carbocycles. The van der Waals surface area contributed by atoms with E-state index >= 15 is 0 Å². The molecule has 98 valence electrons. The molecule has 0 aliphatic carbocycles. The predicted molar refractivity (Wildman–Crippen MR) is 101 cm³/mol. The highest BCUT2D eigenvalue weighted by atomic mass is 127. The Labute approximate surface area is 149 Å². The minimum Gasteiger partial charge on any atom is -0.353 e. The monoisotopic (exact) mass is 581 g/mol. The van der Waals surface area contributed by atoms with E-state index in [4.69, 9.17) is 0 Å². The van der Waals surface area contributed by atoms with Gasteiger partial charge in [0.2, 0.25) is 5.91 Å². The van der Waals surface area contributed by atoms with Crippen LogP contribution in [0.15, 0.2) is 24.8 Å². The molecule has 0 fully saturated rings. The van der Waals surface area contributed by atoms with E-state index in [1.165, 1.54) is 22.4 Å². The molecule has 0 aromatic heterocycles. The molecule has 18 heavy (non-hydrogen) atoms. The Morgan fingerprint density at radius 3 is 2.61 bits per heavy atom. The van der Waals surface area contributed by atoms with E-state index in [2.05, 4.69) is 91.8 Å². The molecule has 1 aromatic carbocycles. The first-order valence-corrected chi connectivity index (χ1v) is 8.82. The number of rotatable bonds is 6. The number of halogens is 3. The molecular weight excluding hydrogens is 567 g/mol. The lowest BCUT2D eigenvalue weighted by Gasteiger charge is -2.08. The Morgan fingerprint density at radius 1 is 1.22 bits per heavy atom. The number of hydrogen-bond acceptors (Lipinski definition) is 1. The second-order valence-corrected chi connectivity index (χ2v) is 7.11. The van der Waals surface area contributed by atoms with Gasteiger partial charge in [0.15, 0.2) is 0 Å². The summed E-state index contributed by atoms with van der Waals surface area (Å²) in [5.41, 5.74) is 1.40. The topological polar surface area (TPSA) is 29.1 Å². The molecule has 0 saturated heterocycles. The fraction of sp³-hybridized carbons (Fsp3) is 0.308. The Bertz CT molecular complexity index is 446. The zero-order valence-electron chi connectivity index (χ0n) is 9.81. The van der Waals surface area contributed by atoms with Crippen LogP contribution in [0.3, 0.4) is 0 Å². The number of amides is 1. The van der Waals surface area contributed by atoms with Crippen molar-refractivity contribution in [2.75, 3.05) is 6.54 Å². The Kier molecular flexibility index (Phi) is 8.08. The summed E-state index contributed by atoms with van der Waals surface area (Å²) in [4.78, 5) is 10.9. The van der Waals surface area contributed by atoms with Crippen molar-refractivity contribution in [2.24, 2.45) is 0 Å². The number of unbranched alkanes of at least 4 members (excludes halogenated alkanes) is 1. The van der Waals surface area contributed by atoms with Gasteiger partial charge in [-0.3, -0.25) is 4.79 Å². The fourth-order valence-electron chi connectivity index (χ4n) is 1.48. The molecule has 0 radical (unpaired) electrons. The number of carbonyl (C=O) groups excluding carboxylic acids is 1. The lowest BCUT2D eigenvalue weighted by Crippen LogP contribution is -2.21. The summed E-state index contributed by atoms with van der Waals surface area (Å²) in [7, 11) is 0. The van der Waals surface area contributed by atoms with E-state index in [-0.39, 0.29) is 5.91 Å². The summed E-state index contributed by atoms with van der Waals surface area (Å²) in [6.07, 6.45) is 4.46. The van der Waals surface area contributed by atoms with Gasteiger partial charge in [0.1, 0.15) is 0 Å². The maximum atomic E-state index is 10.9. The SMILES string of the molecule is C=CC(=O)NCCCCc1ccc(I)c(I)c1I. The molecule has 0 bridgehead atoms. The van der Waals surface area contributed by atoms with Gasteiger partial charge >= 0.3 is 0 Å². The number of benzene rings is 1. The third-order valence-corrected chi connectivity index (χ3v) is 7.79. The summed E-state index contributed by atoms with van der Waals surface area (Å²) < 4.78 is 4.00. The largest absolute Gasteiger partial charge is 0.353 e. The molecule has 1 aromatic rings. The van der Waals surface area contributed by atoms with Gasteiger partial charge < -0.3 is 5.32 Å². The second-order valence-electron chi connectivity index (χ2n) is 3.79.